The van der Waals surface area contributed by atoms with Crippen molar-refractivity contribution < 1.29 is 9.53 Å². The van der Waals surface area contributed by atoms with E-state index in [1.807, 2.05) is 0 Å². The molecule has 0 bridgehead atoms. The van der Waals surface area contributed by atoms with Gasteiger partial charge in [0, 0.05) is 5.69 Å². The molecule has 0 radical (unpaired) electrons. The molecule has 1 aromatic rings. The Kier molecular flexibility index (Phi) is 3.73. The summed E-state index contributed by atoms with van der Waals surface area (Å²) >= 11 is 0. The van der Waals surface area contributed by atoms with Gasteiger partial charge in [-0.15, -0.1) is 0 Å². The average Bonchev–Trinajstić information content (AvgIpc) is 2.20. The second-order valence-electron chi connectivity index (χ2n) is 2.65. The number of carbonyl (C=O) groups excluding carboxylic acids is 1. The molecule has 0 aliphatic rings. The quantitative estimate of drug-likeness (QED) is 0.743. The van der Waals surface area contributed by atoms with Crippen molar-refractivity contribution in [3.8, 4) is 0 Å². The highest BCUT2D eigenvalue weighted by molar-refractivity contribution is 5.89. The van der Waals surface area contributed by atoms with Gasteiger partial charge in [-0.1, -0.05) is 6.58 Å². The highest BCUT2D eigenvalue weighted by atomic mass is 16.5. The largest absolute Gasteiger partial charge is 0.462 e. The van der Waals surface area contributed by atoms with Crippen LogP contribution in [0.15, 0.2) is 37.0 Å². The second-order valence-corrected chi connectivity index (χ2v) is 2.65. The fourth-order valence-electron chi connectivity index (χ4n) is 1.03. The van der Waals surface area contributed by atoms with Crippen molar-refractivity contribution in [2.45, 2.75) is 6.92 Å². The maximum Gasteiger partial charge on any atom is 0.338 e. The molecular weight excluding hydrogens is 178 g/mol. The van der Waals surface area contributed by atoms with E-state index in [-0.39, 0.29) is 5.97 Å². The number of rotatable bonds is 4. The summed E-state index contributed by atoms with van der Waals surface area (Å²) in [6, 6.07) is 7.02. The molecule has 0 atom stereocenters. The summed E-state index contributed by atoms with van der Waals surface area (Å²) in [5.74, 6) is -0.294. The van der Waals surface area contributed by atoms with E-state index >= 15 is 0 Å². The molecule has 3 heteroatoms. The van der Waals surface area contributed by atoms with Crippen LogP contribution in [0, 0.1) is 0 Å². The van der Waals surface area contributed by atoms with Gasteiger partial charge in [0.15, 0.2) is 0 Å². The number of anilines is 1. The number of carbonyl (C=O) groups is 1. The van der Waals surface area contributed by atoms with E-state index in [0.717, 1.165) is 5.69 Å². The van der Waals surface area contributed by atoms with Crippen molar-refractivity contribution in [1.29, 1.82) is 0 Å². The minimum absolute atomic E-state index is 0.294. The lowest BCUT2D eigenvalue weighted by atomic mass is 10.2. The summed E-state index contributed by atoms with van der Waals surface area (Å²) < 4.78 is 4.85. The lowest BCUT2D eigenvalue weighted by Gasteiger charge is -2.03. The van der Waals surface area contributed by atoms with Crippen LogP contribution in [0.3, 0.4) is 0 Å². The van der Waals surface area contributed by atoms with Gasteiger partial charge in [0.1, 0.15) is 0 Å². The maximum atomic E-state index is 11.3. The predicted octanol–water partition coefficient (Wildman–Crippen LogP) is 2.42. The molecule has 0 aromatic heterocycles. The van der Waals surface area contributed by atoms with Crippen LogP contribution in [-0.2, 0) is 4.74 Å². The van der Waals surface area contributed by atoms with E-state index < -0.39 is 0 Å². The smallest absolute Gasteiger partial charge is 0.338 e. The van der Waals surface area contributed by atoms with E-state index in [2.05, 4.69) is 11.9 Å². The fraction of sp³-hybridized carbons (Fsp3) is 0.182. The summed E-state index contributed by atoms with van der Waals surface area (Å²) in [6.45, 7) is 5.72. The molecule has 1 aromatic carbocycles. The zero-order valence-corrected chi connectivity index (χ0v) is 8.12. The van der Waals surface area contributed by atoms with Gasteiger partial charge < -0.3 is 10.1 Å². The van der Waals surface area contributed by atoms with Crippen LogP contribution in [0.4, 0.5) is 5.69 Å². The Morgan fingerprint density at radius 3 is 2.64 bits per heavy atom. The lowest BCUT2D eigenvalue weighted by Crippen LogP contribution is -2.04. The Labute approximate surface area is 83.4 Å². The maximum absolute atomic E-state index is 11.3. The number of benzene rings is 1. The zero-order chi connectivity index (χ0) is 10.4. The topological polar surface area (TPSA) is 38.3 Å². The van der Waals surface area contributed by atoms with Crippen LogP contribution in [0.25, 0.3) is 0 Å². The molecule has 1 N–H and O–H groups in total. The molecule has 0 spiro atoms. The summed E-state index contributed by atoms with van der Waals surface area (Å²) in [5, 5.41) is 2.92. The summed E-state index contributed by atoms with van der Waals surface area (Å²) in [7, 11) is 0. The van der Waals surface area contributed by atoms with E-state index in [1.54, 1.807) is 37.4 Å². The molecule has 0 unspecified atom stereocenters. The third-order valence-electron chi connectivity index (χ3n) is 1.66. The van der Waals surface area contributed by atoms with Crippen LogP contribution in [0.1, 0.15) is 17.3 Å². The average molecular weight is 191 g/mol. The molecular formula is C11H13NO2. The Morgan fingerprint density at radius 2 is 2.14 bits per heavy atom. The van der Waals surface area contributed by atoms with Gasteiger partial charge in [-0.2, -0.15) is 0 Å². The van der Waals surface area contributed by atoms with E-state index in [9.17, 15) is 4.79 Å². The first-order valence-corrected chi connectivity index (χ1v) is 4.42. The minimum atomic E-state index is -0.294. The van der Waals surface area contributed by atoms with Gasteiger partial charge in [-0.25, -0.2) is 4.79 Å². The van der Waals surface area contributed by atoms with Crippen molar-refractivity contribution in [3.05, 3.63) is 42.6 Å². The van der Waals surface area contributed by atoms with Crippen LogP contribution >= 0.6 is 0 Å². The standard InChI is InChI=1S/C11H13NO2/c1-3-12-10-7-5-9(6-8-10)11(13)14-4-2/h3,5-8,12H,1,4H2,2H3. The van der Waals surface area contributed by atoms with Crippen molar-refractivity contribution in [2.24, 2.45) is 0 Å². The van der Waals surface area contributed by atoms with Gasteiger partial charge in [0.2, 0.25) is 0 Å². The third-order valence-corrected chi connectivity index (χ3v) is 1.66. The van der Waals surface area contributed by atoms with Crippen molar-refractivity contribution >= 4 is 11.7 Å². The predicted molar refractivity (Wildman–Crippen MR) is 56.2 cm³/mol. The number of nitrogens with one attached hydrogen (secondary N) is 1. The van der Waals surface area contributed by atoms with Crippen molar-refractivity contribution in [3.63, 3.8) is 0 Å². The second kappa shape index (κ2) is 5.07. The van der Waals surface area contributed by atoms with Gasteiger partial charge in [-0.3, -0.25) is 0 Å². The van der Waals surface area contributed by atoms with Crippen LogP contribution in [0.2, 0.25) is 0 Å². The first-order chi connectivity index (χ1) is 6.77. The molecule has 0 fully saturated rings. The molecule has 0 amide bonds. The summed E-state index contributed by atoms with van der Waals surface area (Å²) in [4.78, 5) is 11.3. The molecule has 74 valence electrons. The first kappa shape index (κ1) is 10.3. The third kappa shape index (κ3) is 2.62. The van der Waals surface area contributed by atoms with Gasteiger partial charge >= 0.3 is 5.97 Å². The summed E-state index contributed by atoms with van der Waals surface area (Å²) in [6.07, 6.45) is 1.58. The highest BCUT2D eigenvalue weighted by Gasteiger charge is 2.04. The highest BCUT2D eigenvalue weighted by Crippen LogP contribution is 2.10. The van der Waals surface area contributed by atoms with Gasteiger partial charge in [-0.05, 0) is 37.4 Å². The van der Waals surface area contributed by atoms with Crippen LogP contribution in [0.5, 0.6) is 0 Å². The molecule has 0 heterocycles. The Balaban J connectivity index is 2.72. The lowest BCUT2D eigenvalue weighted by molar-refractivity contribution is 0.0526. The number of esters is 1. The van der Waals surface area contributed by atoms with Crippen molar-refractivity contribution in [1.82, 2.24) is 0 Å². The van der Waals surface area contributed by atoms with Crippen LogP contribution in [-0.4, -0.2) is 12.6 Å². The first-order valence-electron chi connectivity index (χ1n) is 4.42. The molecule has 0 saturated carbocycles. The Morgan fingerprint density at radius 1 is 1.50 bits per heavy atom. The number of ether oxygens (including phenoxy) is 1. The zero-order valence-electron chi connectivity index (χ0n) is 8.12. The molecule has 3 nitrogen and oxygen atoms in total. The fourth-order valence-corrected chi connectivity index (χ4v) is 1.03. The normalized spacial score (nSPS) is 9.21. The minimum Gasteiger partial charge on any atom is -0.462 e. The van der Waals surface area contributed by atoms with Gasteiger partial charge in [0.05, 0.1) is 12.2 Å². The SMILES string of the molecule is C=CNc1ccc(C(=O)OCC)cc1. The van der Waals surface area contributed by atoms with Crippen LogP contribution < -0.4 is 5.32 Å². The van der Waals surface area contributed by atoms with Crippen molar-refractivity contribution in [2.75, 3.05) is 11.9 Å². The Bertz CT molecular complexity index is 317. The molecule has 14 heavy (non-hydrogen) atoms. The molecule has 0 aliphatic carbocycles. The Hall–Kier alpha value is -1.77. The van der Waals surface area contributed by atoms with E-state index in [0.29, 0.717) is 12.2 Å². The molecule has 0 saturated heterocycles. The number of hydrogen-bond donors (Lipinski definition) is 1. The van der Waals surface area contributed by atoms with E-state index in [4.69, 9.17) is 4.74 Å². The molecule has 1 rings (SSSR count). The van der Waals surface area contributed by atoms with E-state index in [1.165, 1.54) is 0 Å². The van der Waals surface area contributed by atoms with Gasteiger partial charge in [0.25, 0.3) is 0 Å². The number of hydrogen-bond acceptors (Lipinski definition) is 3. The summed E-state index contributed by atoms with van der Waals surface area (Å²) in [5.41, 5.74) is 1.45. The monoisotopic (exact) mass is 191 g/mol. The molecule has 0 aliphatic heterocycles.